The van der Waals surface area contributed by atoms with E-state index in [4.69, 9.17) is 4.74 Å². The summed E-state index contributed by atoms with van der Waals surface area (Å²) in [6.45, 7) is 0.804. The molecule has 0 aliphatic rings. The average Bonchev–Trinajstić information content (AvgIpc) is 2.47. The van der Waals surface area contributed by atoms with Crippen molar-refractivity contribution in [1.29, 1.82) is 0 Å². The van der Waals surface area contributed by atoms with E-state index in [9.17, 15) is 4.79 Å². The molecule has 0 aliphatic carbocycles. The molecule has 2 rings (SSSR count). The first-order valence-corrected chi connectivity index (χ1v) is 6.44. The first kappa shape index (κ1) is 14.1. The third kappa shape index (κ3) is 4.40. The van der Waals surface area contributed by atoms with Gasteiger partial charge in [0.05, 0.1) is 0 Å². The van der Waals surface area contributed by atoms with Crippen LogP contribution >= 0.6 is 0 Å². The van der Waals surface area contributed by atoms with Crippen molar-refractivity contribution in [1.82, 2.24) is 0 Å². The molecule has 0 atom stereocenters. The second-order valence-electron chi connectivity index (χ2n) is 4.40. The molecule has 0 radical (unpaired) electrons. The van der Waals surface area contributed by atoms with Crippen molar-refractivity contribution in [3.8, 4) is 0 Å². The van der Waals surface area contributed by atoms with Crippen molar-refractivity contribution in [3.05, 3.63) is 60.2 Å². The number of hydrogen-bond acceptors (Lipinski definition) is 3. The number of benzene rings is 2. The van der Waals surface area contributed by atoms with E-state index in [0.717, 1.165) is 17.9 Å². The van der Waals surface area contributed by atoms with E-state index in [0.29, 0.717) is 0 Å². The molecule has 0 bridgehead atoms. The van der Waals surface area contributed by atoms with Gasteiger partial charge in [-0.2, -0.15) is 0 Å². The highest BCUT2D eigenvalue weighted by atomic mass is 16.5. The third-order valence-corrected chi connectivity index (χ3v) is 2.76. The zero-order valence-corrected chi connectivity index (χ0v) is 11.4. The lowest BCUT2D eigenvalue weighted by molar-refractivity contribution is -0.119. The Morgan fingerprint density at radius 3 is 2.55 bits per heavy atom. The predicted molar refractivity (Wildman–Crippen MR) is 80.7 cm³/mol. The maximum Gasteiger partial charge on any atom is 0.250 e. The van der Waals surface area contributed by atoms with Crippen molar-refractivity contribution in [2.45, 2.75) is 6.54 Å². The standard InChI is InChI=1S/C16H18N2O2/c1-20-12-16(19)18-15-9-5-8-14(10-15)17-11-13-6-3-2-4-7-13/h2-10,17H,11-12H2,1H3,(H,18,19). The normalized spacial score (nSPS) is 10.1. The van der Waals surface area contributed by atoms with Gasteiger partial charge in [-0.3, -0.25) is 4.79 Å². The molecule has 20 heavy (non-hydrogen) atoms. The molecule has 0 fully saturated rings. The minimum absolute atomic E-state index is 0.0572. The lowest BCUT2D eigenvalue weighted by Crippen LogP contribution is -2.17. The Kier molecular flexibility index (Phi) is 5.15. The summed E-state index contributed by atoms with van der Waals surface area (Å²) in [5, 5.41) is 6.10. The number of hydrogen-bond donors (Lipinski definition) is 2. The van der Waals surface area contributed by atoms with Gasteiger partial charge in [-0.25, -0.2) is 0 Å². The van der Waals surface area contributed by atoms with Crippen LogP contribution in [0.2, 0.25) is 0 Å². The van der Waals surface area contributed by atoms with Gasteiger partial charge in [0.25, 0.3) is 0 Å². The summed E-state index contributed by atoms with van der Waals surface area (Å²) < 4.78 is 4.78. The van der Waals surface area contributed by atoms with Gasteiger partial charge in [-0.15, -0.1) is 0 Å². The predicted octanol–water partition coefficient (Wildman–Crippen LogP) is 2.88. The molecule has 0 saturated carbocycles. The van der Waals surface area contributed by atoms with Gasteiger partial charge in [0.2, 0.25) is 5.91 Å². The number of nitrogens with one attached hydrogen (secondary N) is 2. The fourth-order valence-electron chi connectivity index (χ4n) is 1.84. The lowest BCUT2D eigenvalue weighted by Gasteiger charge is -2.09. The van der Waals surface area contributed by atoms with Crippen LogP contribution in [0.4, 0.5) is 11.4 Å². The van der Waals surface area contributed by atoms with E-state index in [-0.39, 0.29) is 12.5 Å². The summed E-state index contributed by atoms with van der Waals surface area (Å²) >= 11 is 0. The molecule has 0 spiro atoms. The van der Waals surface area contributed by atoms with Crippen molar-refractivity contribution in [2.24, 2.45) is 0 Å². The summed E-state index contributed by atoms with van der Waals surface area (Å²) in [7, 11) is 1.50. The van der Waals surface area contributed by atoms with Crippen molar-refractivity contribution >= 4 is 17.3 Å². The Hall–Kier alpha value is -2.33. The maximum absolute atomic E-state index is 11.4. The van der Waals surface area contributed by atoms with E-state index in [2.05, 4.69) is 22.8 Å². The molecule has 104 valence electrons. The summed E-state index contributed by atoms with van der Waals surface area (Å²) in [6, 6.07) is 17.8. The number of methoxy groups -OCH3 is 1. The molecule has 0 aliphatic heterocycles. The molecule has 2 aromatic carbocycles. The quantitative estimate of drug-likeness (QED) is 0.848. The summed E-state index contributed by atoms with van der Waals surface area (Å²) in [5.41, 5.74) is 2.93. The lowest BCUT2D eigenvalue weighted by atomic mass is 10.2. The Balaban J connectivity index is 1.94. The number of carbonyl (C=O) groups excluding carboxylic acids is 1. The van der Waals surface area contributed by atoms with Crippen molar-refractivity contribution in [2.75, 3.05) is 24.4 Å². The molecule has 0 saturated heterocycles. The molecule has 2 aromatic rings. The van der Waals surface area contributed by atoms with Gasteiger partial charge in [0.1, 0.15) is 6.61 Å². The number of carbonyl (C=O) groups is 1. The number of rotatable bonds is 6. The topological polar surface area (TPSA) is 50.4 Å². The second-order valence-corrected chi connectivity index (χ2v) is 4.40. The Morgan fingerprint density at radius 2 is 1.80 bits per heavy atom. The minimum Gasteiger partial charge on any atom is -0.381 e. The van der Waals surface area contributed by atoms with Gasteiger partial charge in [0, 0.05) is 25.0 Å². The zero-order chi connectivity index (χ0) is 14.2. The molecule has 0 aromatic heterocycles. The van der Waals surface area contributed by atoms with Crippen LogP contribution in [-0.2, 0) is 16.1 Å². The van der Waals surface area contributed by atoms with Crippen LogP contribution in [0, 0.1) is 0 Å². The average molecular weight is 270 g/mol. The van der Waals surface area contributed by atoms with Crippen LogP contribution in [0.15, 0.2) is 54.6 Å². The molecule has 0 unspecified atom stereocenters. The van der Waals surface area contributed by atoms with Crippen LogP contribution in [-0.4, -0.2) is 19.6 Å². The second kappa shape index (κ2) is 7.31. The maximum atomic E-state index is 11.4. The van der Waals surface area contributed by atoms with Crippen LogP contribution < -0.4 is 10.6 Å². The van der Waals surface area contributed by atoms with E-state index >= 15 is 0 Å². The highest BCUT2D eigenvalue weighted by molar-refractivity contribution is 5.92. The van der Waals surface area contributed by atoms with Gasteiger partial charge in [-0.1, -0.05) is 36.4 Å². The van der Waals surface area contributed by atoms with Gasteiger partial charge >= 0.3 is 0 Å². The van der Waals surface area contributed by atoms with E-state index in [1.54, 1.807) is 0 Å². The highest BCUT2D eigenvalue weighted by Gasteiger charge is 2.02. The Morgan fingerprint density at radius 1 is 1.05 bits per heavy atom. The fraction of sp³-hybridized carbons (Fsp3) is 0.188. The molecule has 4 nitrogen and oxygen atoms in total. The monoisotopic (exact) mass is 270 g/mol. The van der Waals surface area contributed by atoms with Gasteiger partial charge in [-0.05, 0) is 23.8 Å². The smallest absolute Gasteiger partial charge is 0.250 e. The number of anilines is 2. The van der Waals surface area contributed by atoms with Gasteiger partial charge in [0.15, 0.2) is 0 Å². The summed E-state index contributed by atoms with van der Waals surface area (Å²) in [6.07, 6.45) is 0. The van der Waals surface area contributed by atoms with Gasteiger partial charge < -0.3 is 15.4 Å². The largest absolute Gasteiger partial charge is 0.381 e. The van der Waals surface area contributed by atoms with Crippen LogP contribution in [0.3, 0.4) is 0 Å². The van der Waals surface area contributed by atoms with E-state index < -0.39 is 0 Å². The fourth-order valence-corrected chi connectivity index (χ4v) is 1.84. The third-order valence-electron chi connectivity index (χ3n) is 2.76. The van der Waals surface area contributed by atoms with Crippen molar-refractivity contribution < 1.29 is 9.53 Å². The highest BCUT2D eigenvalue weighted by Crippen LogP contribution is 2.16. The van der Waals surface area contributed by atoms with E-state index in [1.807, 2.05) is 42.5 Å². The van der Waals surface area contributed by atoms with Crippen LogP contribution in [0.5, 0.6) is 0 Å². The Labute approximate surface area is 118 Å². The minimum atomic E-state index is -0.160. The van der Waals surface area contributed by atoms with E-state index in [1.165, 1.54) is 12.7 Å². The number of amides is 1. The van der Waals surface area contributed by atoms with Crippen LogP contribution in [0.25, 0.3) is 0 Å². The molecular weight excluding hydrogens is 252 g/mol. The summed E-state index contributed by atoms with van der Waals surface area (Å²) in [4.78, 5) is 11.4. The zero-order valence-electron chi connectivity index (χ0n) is 11.4. The first-order chi connectivity index (χ1) is 9.78. The molecule has 2 N–H and O–H groups in total. The molecule has 0 heterocycles. The first-order valence-electron chi connectivity index (χ1n) is 6.44. The summed E-state index contributed by atoms with van der Waals surface area (Å²) in [5.74, 6) is -0.160. The molecule has 4 heteroatoms. The number of ether oxygens (including phenoxy) is 1. The Bertz CT molecular complexity index is 555. The van der Waals surface area contributed by atoms with Crippen molar-refractivity contribution in [3.63, 3.8) is 0 Å². The molecular formula is C16H18N2O2. The SMILES string of the molecule is COCC(=O)Nc1cccc(NCc2ccccc2)c1. The molecule has 1 amide bonds. The van der Waals surface area contributed by atoms with Crippen LogP contribution in [0.1, 0.15) is 5.56 Å².